The molecule has 5 heteroatoms. The van der Waals surface area contributed by atoms with E-state index in [0.717, 1.165) is 37.2 Å². The lowest BCUT2D eigenvalue weighted by Crippen LogP contribution is -2.49. The van der Waals surface area contributed by atoms with Crippen LogP contribution in [0, 0.1) is 5.41 Å². The fourth-order valence-electron chi connectivity index (χ4n) is 5.95. The molecule has 2 atom stereocenters. The summed E-state index contributed by atoms with van der Waals surface area (Å²) in [5.41, 5.74) is 3.69. The molecule has 170 valence electrons. The van der Waals surface area contributed by atoms with Gasteiger partial charge in [0.2, 0.25) is 11.8 Å². The van der Waals surface area contributed by atoms with Gasteiger partial charge in [-0.05, 0) is 61.8 Å². The molecule has 5 nitrogen and oxygen atoms in total. The number of carbonyl (C=O) groups excluding carboxylic acids is 2. The van der Waals surface area contributed by atoms with Crippen LogP contribution in [0.3, 0.4) is 0 Å². The summed E-state index contributed by atoms with van der Waals surface area (Å²) in [7, 11) is 1.60. The van der Waals surface area contributed by atoms with Crippen molar-refractivity contribution in [1.82, 2.24) is 15.1 Å². The number of rotatable bonds is 6. The minimum atomic E-state index is -0.898. The number of nitrogens with one attached hydrogen (secondary N) is 1. The van der Waals surface area contributed by atoms with Crippen molar-refractivity contribution in [3.05, 3.63) is 72.0 Å². The normalized spacial score (nSPS) is 26.8. The molecule has 2 amide bonds. The van der Waals surface area contributed by atoms with Crippen LogP contribution in [0.15, 0.2) is 60.8 Å². The number of hydrogen-bond acceptors (Lipinski definition) is 3. The molecule has 1 unspecified atom stereocenters. The molecule has 4 rings (SSSR count). The highest BCUT2D eigenvalue weighted by molar-refractivity contribution is 5.96. The van der Waals surface area contributed by atoms with E-state index in [-0.39, 0.29) is 24.3 Å². The summed E-state index contributed by atoms with van der Waals surface area (Å²) in [6, 6.07) is 9.44. The maximum atomic E-state index is 13.7. The van der Waals surface area contributed by atoms with Crippen LogP contribution in [0.5, 0.6) is 0 Å². The molecule has 0 bridgehead atoms. The molecular weight excluding hydrogens is 398 g/mol. The van der Waals surface area contributed by atoms with Crippen molar-refractivity contribution in [2.24, 2.45) is 5.41 Å². The molecular formula is C27H35N3O2. The van der Waals surface area contributed by atoms with Crippen LogP contribution >= 0.6 is 0 Å². The number of fused-ring (bicyclic) bond motifs is 1. The Kier molecular flexibility index (Phi) is 6.38. The molecule has 0 aromatic heterocycles. The Labute approximate surface area is 191 Å². The standard InChI is InChI=1S/C27H35N3O2/c1-5-22-23(6-2)30(26(32)27(22,3)18-25(31)28-4)20-14-16-29(17-15-20)24-13-9-11-19-10-7-8-12-21(19)24/h5-8,10,12,20,24H,1-2,9,11,13-18H2,3-4H3,(H,28,31)/t24?,27-/m0/s1. The number of piperidine rings is 1. The lowest BCUT2D eigenvalue weighted by atomic mass is 9.79. The molecule has 2 heterocycles. The van der Waals surface area contributed by atoms with E-state index in [0.29, 0.717) is 6.04 Å². The molecule has 1 aromatic rings. The lowest BCUT2D eigenvalue weighted by Gasteiger charge is -2.43. The predicted octanol–water partition coefficient (Wildman–Crippen LogP) is 4.14. The van der Waals surface area contributed by atoms with Crippen LogP contribution in [0.1, 0.15) is 56.2 Å². The van der Waals surface area contributed by atoms with Crippen molar-refractivity contribution in [3.63, 3.8) is 0 Å². The Morgan fingerprint density at radius 2 is 1.91 bits per heavy atom. The molecule has 1 fully saturated rings. The van der Waals surface area contributed by atoms with Gasteiger partial charge in [-0.2, -0.15) is 0 Å². The van der Waals surface area contributed by atoms with Gasteiger partial charge in [0, 0.05) is 44.3 Å². The summed E-state index contributed by atoms with van der Waals surface area (Å²) in [4.78, 5) is 30.4. The number of amides is 2. The van der Waals surface area contributed by atoms with Gasteiger partial charge in [0.1, 0.15) is 0 Å². The van der Waals surface area contributed by atoms with E-state index < -0.39 is 5.41 Å². The van der Waals surface area contributed by atoms with E-state index in [1.807, 2.05) is 11.8 Å². The molecule has 1 saturated heterocycles. The van der Waals surface area contributed by atoms with Gasteiger partial charge in [-0.1, -0.05) is 43.5 Å². The fourth-order valence-corrected chi connectivity index (χ4v) is 5.95. The van der Waals surface area contributed by atoms with Gasteiger partial charge >= 0.3 is 0 Å². The van der Waals surface area contributed by atoms with Crippen LogP contribution in [0.2, 0.25) is 0 Å². The zero-order valence-electron chi connectivity index (χ0n) is 19.4. The van der Waals surface area contributed by atoms with E-state index in [2.05, 4.69) is 47.6 Å². The van der Waals surface area contributed by atoms with Crippen molar-refractivity contribution in [2.45, 2.75) is 57.5 Å². The third-order valence-corrected chi connectivity index (χ3v) is 7.65. The average Bonchev–Trinajstić information content (AvgIpc) is 3.04. The Morgan fingerprint density at radius 1 is 1.19 bits per heavy atom. The van der Waals surface area contributed by atoms with Gasteiger partial charge < -0.3 is 10.2 Å². The first-order valence-corrected chi connectivity index (χ1v) is 11.8. The van der Waals surface area contributed by atoms with Crippen LogP contribution in [0.25, 0.3) is 0 Å². The first-order chi connectivity index (χ1) is 15.4. The smallest absolute Gasteiger partial charge is 0.238 e. The summed E-state index contributed by atoms with van der Waals surface area (Å²) in [5.74, 6) is -0.149. The van der Waals surface area contributed by atoms with Crippen molar-refractivity contribution >= 4 is 11.8 Å². The zero-order valence-corrected chi connectivity index (χ0v) is 19.4. The molecule has 32 heavy (non-hydrogen) atoms. The van der Waals surface area contributed by atoms with E-state index in [1.54, 1.807) is 19.2 Å². The molecule has 0 saturated carbocycles. The third kappa shape index (κ3) is 3.73. The maximum Gasteiger partial charge on any atom is 0.238 e. The Bertz CT molecular complexity index is 957. The number of likely N-dealkylation sites (tertiary alicyclic amines) is 1. The SMILES string of the molecule is C=CC1=C(C=C)[C@](C)(CC(=O)NC)C(=O)N1C1CCN(C2CCCc3ccccc32)CC1. The van der Waals surface area contributed by atoms with Gasteiger partial charge in [0.05, 0.1) is 5.41 Å². The second kappa shape index (κ2) is 9.07. The van der Waals surface area contributed by atoms with Crippen LogP contribution in [-0.4, -0.2) is 47.8 Å². The van der Waals surface area contributed by atoms with Crippen molar-refractivity contribution in [3.8, 4) is 0 Å². The summed E-state index contributed by atoms with van der Waals surface area (Å²) in [6.07, 6.45) is 9.05. The Hall–Kier alpha value is -2.66. The average molecular weight is 434 g/mol. The minimum absolute atomic E-state index is 0.00707. The van der Waals surface area contributed by atoms with E-state index >= 15 is 0 Å². The van der Waals surface area contributed by atoms with Gasteiger partial charge in [-0.15, -0.1) is 0 Å². The maximum absolute atomic E-state index is 13.7. The Balaban J connectivity index is 1.53. The van der Waals surface area contributed by atoms with Gasteiger partial charge in [-0.25, -0.2) is 0 Å². The number of hydrogen-bond donors (Lipinski definition) is 1. The van der Waals surface area contributed by atoms with Gasteiger partial charge in [0.15, 0.2) is 0 Å². The summed E-state index contributed by atoms with van der Waals surface area (Å²) in [6.45, 7) is 11.7. The zero-order chi connectivity index (χ0) is 22.9. The third-order valence-electron chi connectivity index (χ3n) is 7.65. The van der Waals surface area contributed by atoms with Crippen molar-refractivity contribution < 1.29 is 9.59 Å². The highest BCUT2D eigenvalue weighted by Crippen LogP contribution is 2.46. The predicted molar refractivity (Wildman–Crippen MR) is 128 cm³/mol. The molecule has 3 aliphatic rings. The number of carbonyl (C=O) groups is 2. The van der Waals surface area contributed by atoms with Gasteiger partial charge in [0.25, 0.3) is 0 Å². The summed E-state index contributed by atoms with van der Waals surface area (Å²) < 4.78 is 0. The number of aryl methyl sites for hydroxylation is 1. The van der Waals surface area contributed by atoms with E-state index in [4.69, 9.17) is 0 Å². The first-order valence-electron chi connectivity index (χ1n) is 11.8. The Morgan fingerprint density at radius 3 is 2.56 bits per heavy atom. The first kappa shape index (κ1) is 22.5. The quantitative estimate of drug-likeness (QED) is 0.734. The molecule has 0 radical (unpaired) electrons. The summed E-state index contributed by atoms with van der Waals surface area (Å²) >= 11 is 0. The topological polar surface area (TPSA) is 52.7 Å². The molecule has 1 N–H and O–H groups in total. The molecule has 1 aromatic carbocycles. The minimum Gasteiger partial charge on any atom is -0.359 e. The highest BCUT2D eigenvalue weighted by atomic mass is 16.2. The second-order valence-corrected chi connectivity index (χ2v) is 9.44. The summed E-state index contributed by atoms with van der Waals surface area (Å²) in [5, 5.41) is 2.66. The number of benzene rings is 1. The fraction of sp³-hybridized carbons (Fsp3) is 0.481. The monoisotopic (exact) mass is 433 g/mol. The molecule has 0 spiro atoms. The van der Waals surface area contributed by atoms with E-state index in [1.165, 1.54) is 30.4 Å². The number of allylic oxidation sites excluding steroid dienone is 2. The van der Waals surface area contributed by atoms with Crippen molar-refractivity contribution in [1.29, 1.82) is 0 Å². The number of nitrogens with zero attached hydrogens (tertiary/aromatic N) is 2. The van der Waals surface area contributed by atoms with Crippen LogP contribution in [0.4, 0.5) is 0 Å². The lowest BCUT2D eigenvalue weighted by molar-refractivity contribution is -0.140. The van der Waals surface area contributed by atoms with Gasteiger partial charge in [-0.3, -0.25) is 14.5 Å². The molecule has 1 aliphatic carbocycles. The van der Waals surface area contributed by atoms with Crippen LogP contribution < -0.4 is 5.32 Å². The van der Waals surface area contributed by atoms with Crippen LogP contribution in [-0.2, 0) is 16.0 Å². The highest BCUT2D eigenvalue weighted by Gasteiger charge is 2.50. The van der Waals surface area contributed by atoms with Crippen molar-refractivity contribution in [2.75, 3.05) is 20.1 Å². The van der Waals surface area contributed by atoms with E-state index in [9.17, 15) is 9.59 Å². The molecule has 2 aliphatic heterocycles. The largest absolute Gasteiger partial charge is 0.359 e. The second-order valence-electron chi connectivity index (χ2n) is 9.44.